The maximum atomic E-state index is 13.1. The molecule has 0 saturated carbocycles. The minimum absolute atomic E-state index is 0.181. The smallest absolute Gasteiger partial charge is 0.309 e. The number of aryl methyl sites for hydroxylation is 1. The van der Waals surface area contributed by atoms with Gasteiger partial charge in [-0.1, -0.05) is 11.6 Å². The summed E-state index contributed by atoms with van der Waals surface area (Å²) in [6.07, 6.45) is 0.0357. The third-order valence-corrected chi connectivity index (χ3v) is 5.00. The average molecular weight is 408 g/mol. The third-order valence-electron chi connectivity index (χ3n) is 4.67. The number of halogens is 4. The Kier molecular flexibility index (Phi) is 5.06. The zero-order valence-electron chi connectivity index (χ0n) is 15.4. The third kappa shape index (κ3) is 3.67. The van der Waals surface area contributed by atoms with Crippen LogP contribution in [-0.2, 0) is 6.18 Å². The number of carbonyl (C=O) groups is 1. The summed E-state index contributed by atoms with van der Waals surface area (Å²) in [7, 11) is 0. The lowest BCUT2D eigenvalue weighted by atomic mass is 9.80. The van der Waals surface area contributed by atoms with Crippen molar-refractivity contribution in [3.05, 3.63) is 70.1 Å². The van der Waals surface area contributed by atoms with E-state index >= 15 is 0 Å². The fourth-order valence-corrected chi connectivity index (χ4v) is 3.20. The maximum Gasteiger partial charge on any atom is 0.416 e. The second-order valence-electron chi connectivity index (χ2n) is 6.98. The molecule has 1 amide bonds. The Bertz CT molecular complexity index is 1010. The predicted octanol–water partition coefficient (Wildman–Crippen LogP) is 5.27. The number of aromatic nitrogens is 1. The Morgan fingerprint density at radius 1 is 1.21 bits per heavy atom. The summed E-state index contributed by atoms with van der Waals surface area (Å²) < 4.78 is 39.3. The number of pyridine rings is 1. The number of amidine groups is 1. The molecule has 28 heavy (non-hydrogen) atoms. The standard InChI is InChI=1S/C20H17ClF3N3O/c1-11-9-25-7-6-13(11)17(28)27-18-19(2,3)15(10-26-18)14-8-12(20(22,23)24)4-5-16(14)21/h4-10H,1-3H3,(H,26,27,28). The van der Waals surface area contributed by atoms with E-state index in [0.717, 1.165) is 12.1 Å². The van der Waals surface area contributed by atoms with Crippen LogP contribution in [0.4, 0.5) is 13.2 Å². The van der Waals surface area contributed by atoms with Crippen LogP contribution >= 0.6 is 11.6 Å². The van der Waals surface area contributed by atoms with E-state index in [-0.39, 0.29) is 16.5 Å². The van der Waals surface area contributed by atoms with Crippen LogP contribution in [0.25, 0.3) is 5.57 Å². The number of alkyl halides is 3. The lowest BCUT2D eigenvalue weighted by Crippen LogP contribution is -2.39. The Labute approximate surface area is 165 Å². The van der Waals surface area contributed by atoms with E-state index in [2.05, 4.69) is 15.3 Å². The van der Waals surface area contributed by atoms with Gasteiger partial charge in [0.15, 0.2) is 0 Å². The highest BCUT2D eigenvalue weighted by Crippen LogP contribution is 2.43. The van der Waals surface area contributed by atoms with Crippen LogP contribution in [0.3, 0.4) is 0 Å². The van der Waals surface area contributed by atoms with Crippen LogP contribution in [-0.4, -0.2) is 16.7 Å². The van der Waals surface area contributed by atoms with E-state index < -0.39 is 17.2 Å². The van der Waals surface area contributed by atoms with Crippen LogP contribution in [0, 0.1) is 12.3 Å². The fraction of sp³-hybridized carbons (Fsp3) is 0.250. The van der Waals surface area contributed by atoms with Crippen LogP contribution in [0.1, 0.15) is 40.9 Å². The zero-order valence-corrected chi connectivity index (χ0v) is 16.1. The molecule has 1 N–H and O–H groups in total. The van der Waals surface area contributed by atoms with E-state index in [0.29, 0.717) is 22.5 Å². The van der Waals surface area contributed by atoms with Gasteiger partial charge in [0.2, 0.25) is 0 Å². The van der Waals surface area contributed by atoms with E-state index in [9.17, 15) is 18.0 Å². The quantitative estimate of drug-likeness (QED) is 0.737. The first-order valence-electron chi connectivity index (χ1n) is 8.40. The molecule has 0 aliphatic carbocycles. The van der Waals surface area contributed by atoms with Crippen molar-refractivity contribution in [3.63, 3.8) is 0 Å². The molecule has 146 valence electrons. The summed E-state index contributed by atoms with van der Waals surface area (Å²) in [5.74, 6) is -0.0336. The van der Waals surface area contributed by atoms with Gasteiger partial charge in [0.05, 0.1) is 5.56 Å². The van der Waals surface area contributed by atoms with Crippen LogP contribution in [0.15, 0.2) is 47.9 Å². The highest BCUT2D eigenvalue weighted by atomic mass is 35.5. The SMILES string of the molecule is Cc1cnccc1C(=O)NC1=NC=C(c2cc(C(F)(F)F)ccc2Cl)C1(C)C. The van der Waals surface area contributed by atoms with Crippen molar-refractivity contribution in [1.29, 1.82) is 0 Å². The molecule has 0 atom stereocenters. The molecule has 0 radical (unpaired) electrons. The van der Waals surface area contributed by atoms with Gasteiger partial charge in [0.25, 0.3) is 5.91 Å². The van der Waals surface area contributed by atoms with Crippen molar-refractivity contribution in [2.24, 2.45) is 10.4 Å². The van der Waals surface area contributed by atoms with Crippen LogP contribution in [0.2, 0.25) is 5.02 Å². The highest BCUT2D eigenvalue weighted by molar-refractivity contribution is 6.32. The number of amides is 1. The Balaban J connectivity index is 1.89. The first-order valence-corrected chi connectivity index (χ1v) is 8.77. The van der Waals surface area contributed by atoms with Gasteiger partial charge in [-0.25, -0.2) is 4.99 Å². The maximum absolute atomic E-state index is 13.1. The fourth-order valence-electron chi connectivity index (χ4n) is 2.99. The molecular formula is C20H17ClF3N3O. The summed E-state index contributed by atoms with van der Waals surface area (Å²) in [6.45, 7) is 5.29. The van der Waals surface area contributed by atoms with Crippen molar-refractivity contribution < 1.29 is 18.0 Å². The minimum atomic E-state index is -4.49. The van der Waals surface area contributed by atoms with Gasteiger partial charge in [-0.05, 0) is 61.7 Å². The molecule has 1 aromatic heterocycles. The molecule has 0 bridgehead atoms. The average Bonchev–Trinajstić information content (AvgIpc) is 2.89. The van der Waals surface area contributed by atoms with Crippen molar-refractivity contribution >= 4 is 28.9 Å². The van der Waals surface area contributed by atoms with Gasteiger partial charge < -0.3 is 5.32 Å². The summed E-state index contributed by atoms with van der Waals surface area (Å²) in [6, 6.07) is 4.74. The number of rotatable bonds is 2. The zero-order chi connectivity index (χ0) is 20.7. The van der Waals surface area contributed by atoms with Crippen LogP contribution in [0.5, 0.6) is 0 Å². The molecule has 8 heteroatoms. The number of aliphatic imine (C=N–C) groups is 1. The highest BCUT2D eigenvalue weighted by Gasteiger charge is 2.38. The largest absolute Gasteiger partial charge is 0.416 e. The predicted molar refractivity (Wildman–Crippen MR) is 102 cm³/mol. The first kappa shape index (κ1) is 20.1. The van der Waals surface area contributed by atoms with Gasteiger partial charge >= 0.3 is 6.18 Å². The van der Waals surface area contributed by atoms with Gasteiger partial charge in [-0.15, -0.1) is 0 Å². The number of nitrogens with zero attached hydrogens (tertiary/aromatic N) is 2. The lowest BCUT2D eigenvalue weighted by Gasteiger charge is -2.26. The Morgan fingerprint density at radius 3 is 2.57 bits per heavy atom. The second kappa shape index (κ2) is 7.05. The van der Waals surface area contributed by atoms with E-state index in [1.165, 1.54) is 18.5 Å². The van der Waals surface area contributed by atoms with Crippen molar-refractivity contribution in [2.45, 2.75) is 26.9 Å². The monoisotopic (exact) mass is 407 g/mol. The van der Waals surface area contributed by atoms with Crippen molar-refractivity contribution in [1.82, 2.24) is 10.3 Å². The van der Waals surface area contributed by atoms with E-state index in [1.807, 2.05) is 0 Å². The van der Waals surface area contributed by atoms with E-state index in [1.54, 1.807) is 33.0 Å². The minimum Gasteiger partial charge on any atom is -0.309 e. The lowest BCUT2D eigenvalue weighted by molar-refractivity contribution is -0.137. The Morgan fingerprint density at radius 2 is 1.93 bits per heavy atom. The molecular weight excluding hydrogens is 391 g/mol. The number of benzene rings is 1. The van der Waals surface area contributed by atoms with Gasteiger partial charge in [-0.2, -0.15) is 13.2 Å². The molecule has 1 aliphatic rings. The van der Waals surface area contributed by atoms with E-state index in [4.69, 9.17) is 11.6 Å². The molecule has 0 saturated heterocycles. The van der Waals surface area contributed by atoms with Crippen molar-refractivity contribution in [2.75, 3.05) is 0 Å². The Hall–Kier alpha value is -2.67. The van der Waals surface area contributed by atoms with Gasteiger partial charge in [0.1, 0.15) is 5.84 Å². The number of hydrogen-bond donors (Lipinski definition) is 1. The summed E-state index contributed by atoms with van der Waals surface area (Å²) in [4.78, 5) is 20.8. The molecule has 2 heterocycles. The molecule has 1 aliphatic heterocycles. The molecule has 1 aromatic carbocycles. The molecule has 0 unspecified atom stereocenters. The van der Waals surface area contributed by atoms with Crippen LogP contribution < -0.4 is 5.32 Å². The number of nitrogens with one attached hydrogen (secondary N) is 1. The van der Waals surface area contributed by atoms with Crippen molar-refractivity contribution in [3.8, 4) is 0 Å². The second-order valence-corrected chi connectivity index (χ2v) is 7.39. The molecule has 2 aromatic rings. The first-order chi connectivity index (χ1) is 13.0. The number of carbonyl (C=O) groups excluding carboxylic acids is 1. The summed E-state index contributed by atoms with van der Waals surface area (Å²) >= 11 is 6.17. The molecule has 4 nitrogen and oxygen atoms in total. The number of hydrogen-bond acceptors (Lipinski definition) is 3. The summed E-state index contributed by atoms with van der Waals surface area (Å²) in [5.41, 5.74) is 0.225. The topological polar surface area (TPSA) is 54.4 Å². The molecule has 0 spiro atoms. The van der Waals surface area contributed by atoms with Gasteiger partial charge in [0, 0.05) is 34.6 Å². The van der Waals surface area contributed by atoms with Gasteiger partial charge in [-0.3, -0.25) is 9.78 Å². The normalized spacial score (nSPS) is 15.8. The summed E-state index contributed by atoms with van der Waals surface area (Å²) in [5, 5.41) is 2.94. The molecule has 0 fully saturated rings. The molecule has 3 rings (SSSR count).